The van der Waals surface area contributed by atoms with Gasteiger partial charge < -0.3 is 19.6 Å². The number of cyclic esters (lactones) is 1. The number of aromatic nitrogens is 1. The van der Waals surface area contributed by atoms with Gasteiger partial charge in [-0.3, -0.25) is 0 Å². The van der Waals surface area contributed by atoms with Crippen molar-refractivity contribution in [2.75, 3.05) is 25.5 Å². The second-order valence-electron chi connectivity index (χ2n) is 10.2. The zero-order valence-electron chi connectivity index (χ0n) is 21.2. The summed E-state index contributed by atoms with van der Waals surface area (Å²) < 4.78 is 6.13. The molecule has 1 N–H and O–H groups in total. The maximum absolute atomic E-state index is 13.3. The van der Waals surface area contributed by atoms with Crippen LogP contribution in [-0.2, 0) is 10.3 Å². The largest absolute Gasteiger partial charge is 0.438 e. The fourth-order valence-corrected chi connectivity index (χ4v) is 4.84. The molecule has 1 aromatic heterocycles. The first-order chi connectivity index (χ1) is 16.6. The van der Waals surface area contributed by atoms with Crippen molar-refractivity contribution in [3.8, 4) is 11.3 Å². The number of carbonyl (C=O) groups is 1. The Morgan fingerprint density at radius 2 is 1.74 bits per heavy atom. The molecule has 1 amide bonds. The fraction of sp³-hybridized carbons (Fsp3) is 0.379. The molecule has 0 unspecified atom stereocenters. The van der Waals surface area contributed by atoms with Crippen molar-refractivity contribution in [2.24, 2.45) is 0 Å². The van der Waals surface area contributed by atoms with Crippen LogP contribution >= 0.6 is 0 Å². The Morgan fingerprint density at radius 1 is 1.06 bits per heavy atom. The van der Waals surface area contributed by atoms with Gasteiger partial charge in [0.05, 0.1) is 17.3 Å². The van der Waals surface area contributed by atoms with Crippen molar-refractivity contribution in [1.82, 2.24) is 9.88 Å². The summed E-state index contributed by atoms with van der Waals surface area (Å²) in [4.78, 5) is 21.7. The SMILES string of the molecule is C[C@@H](c1ccc(-c2cccc(N(C)C)n2)cc1)N1CC[C@](CC(C)(C)O)(c2ccccc2)OC1=O. The normalized spacial score (nSPS) is 19.3. The van der Waals surface area contributed by atoms with Gasteiger partial charge in [-0.1, -0.05) is 60.7 Å². The van der Waals surface area contributed by atoms with Crippen LogP contribution in [0.25, 0.3) is 11.3 Å². The van der Waals surface area contributed by atoms with Gasteiger partial charge in [-0.05, 0) is 44.0 Å². The number of carbonyl (C=O) groups excluding carboxylic acids is 1. The Labute approximate surface area is 208 Å². The molecule has 35 heavy (non-hydrogen) atoms. The molecule has 4 rings (SSSR count). The molecule has 184 valence electrons. The van der Waals surface area contributed by atoms with Crippen molar-refractivity contribution in [3.63, 3.8) is 0 Å². The maximum Gasteiger partial charge on any atom is 0.411 e. The van der Waals surface area contributed by atoms with Crippen LogP contribution in [0.4, 0.5) is 10.6 Å². The van der Waals surface area contributed by atoms with E-state index in [1.165, 1.54) is 0 Å². The summed E-state index contributed by atoms with van der Waals surface area (Å²) >= 11 is 0. The highest BCUT2D eigenvalue weighted by molar-refractivity contribution is 5.70. The Balaban J connectivity index is 1.53. The minimum absolute atomic E-state index is 0.145. The summed E-state index contributed by atoms with van der Waals surface area (Å²) in [5, 5.41) is 10.6. The van der Waals surface area contributed by atoms with E-state index in [-0.39, 0.29) is 12.1 Å². The van der Waals surface area contributed by atoms with Gasteiger partial charge >= 0.3 is 6.09 Å². The molecular formula is C29H35N3O3. The first-order valence-electron chi connectivity index (χ1n) is 12.1. The van der Waals surface area contributed by atoms with E-state index in [2.05, 4.69) is 0 Å². The molecule has 0 spiro atoms. The summed E-state index contributed by atoms with van der Waals surface area (Å²) in [7, 11) is 3.95. The van der Waals surface area contributed by atoms with Crippen molar-refractivity contribution < 1.29 is 14.6 Å². The van der Waals surface area contributed by atoms with E-state index in [9.17, 15) is 9.90 Å². The van der Waals surface area contributed by atoms with Crippen LogP contribution in [0.2, 0.25) is 0 Å². The van der Waals surface area contributed by atoms with E-state index >= 15 is 0 Å². The highest BCUT2D eigenvalue weighted by atomic mass is 16.6. The van der Waals surface area contributed by atoms with Crippen LogP contribution < -0.4 is 4.90 Å². The molecule has 2 atom stereocenters. The highest BCUT2D eigenvalue weighted by Gasteiger charge is 2.46. The third-order valence-electron chi connectivity index (χ3n) is 6.64. The summed E-state index contributed by atoms with van der Waals surface area (Å²) in [6.07, 6.45) is 0.587. The third-order valence-corrected chi connectivity index (χ3v) is 6.64. The second-order valence-corrected chi connectivity index (χ2v) is 10.2. The Kier molecular flexibility index (Phi) is 6.86. The van der Waals surface area contributed by atoms with Gasteiger partial charge in [-0.25, -0.2) is 9.78 Å². The Hall–Kier alpha value is -3.38. The molecular weight excluding hydrogens is 438 g/mol. The molecule has 1 fully saturated rings. The molecule has 0 aliphatic carbocycles. The number of amides is 1. The lowest BCUT2D eigenvalue weighted by molar-refractivity contribution is -0.101. The lowest BCUT2D eigenvalue weighted by Gasteiger charge is -2.45. The number of rotatable bonds is 7. The second kappa shape index (κ2) is 9.70. The van der Waals surface area contributed by atoms with Gasteiger partial charge in [0.1, 0.15) is 11.4 Å². The molecule has 1 aliphatic rings. The van der Waals surface area contributed by atoms with Crippen molar-refractivity contribution >= 4 is 11.9 Å². The first kappa shape index (κ1) is 24.7. The van der Waals surface area contributed by atoms with Gasteiger partial charge in [0.25, 0.3) is 0 Å². The summed E-state index contributed by atoms with van der Waals surface area (Å²) in [6, 6.07) is 23.8. The zero-order chi connectivity index (χ0) is 25.2. The molecule has 3 aromatic rings. The van der Waals surface area contributed by atoms with Crippen LogP contribution in [-0.4, -0.2) is 47.3 Å². The van der Waals surface area contributed by atoms with Crippen LogP contribution in [0.1, 0.15) is 50.8 Å². The number of anilines is 1. The zero-order valence-corrected chi connectivity index (χ0v) is 21.2. The molecule has 6 nitrogen and oxygen atoms in total. The average molecular weight is 474 g/mol. The lowest BCUT2D eigenvalue weighted by atomic mass is 9.80. The summed E-state index contributed by atoms with van der Waals surface area (Å²) in [5.74, 6) is 0.906. The third kappa shape index (κ3) is 5.49. The van der Waals surface area contributed by atoms with E-state index in [0.717, 1.165) is 28.2 Å². The molecule has 1 saturated heterocycles. The van der Waals surface area contributed by atoms with Gasteiger partial charge in [-0.2, -0.15) is 0 Å². The van der Waals surface area contributed by atoms with Gasteiger partial charge in [0, 0.05) is 39.0 Å². The van der Waals surface area contributed by atoms with E-state index < -0.39 is 11.2 Å². The molecule has 2 heterocycles. The van der Waals surface area contributed by atoms with E-state index in [4.69, 9.17) is 9.72 Å². The van der Waals surface area contributed by atoms with Crippen molar-refractivity contribution in [1.29, 1.82) is 0 Å². The smallest absolute Gasteiger partial charge is 0.411 e. The predicted octanol–water partition coefficient (Wildman–Crippen LogP) is 5.77. The maximum atomic E-state index is 13.3. The minimum atomic E-state index is -0.975. The molecule has 2 aromatic carbocycles. The van der Waals surface area contributed by atoms with E-state index in [0.29, 0.717) is 19.4 Å². The van der Waals surface area contributed by atoms with Crippen molar-refractivity contribution in [3.05, 3.63) is 83.9 Å². The fourth-order valence-electron chi connectivity index (χ4n) is 4.84. The first-order valence-corrected chi connectivity index (χ1v) is 12.1. The Morgan fingerprint density at radius 3 is 2.34 bits per heavy atom. The van der Waals surface area contributed by atoms with Crippen LogP contribution in [0.3, 0.4) is 0 Å². The molecule has 0 bridgehead atoms. The summed E-state index contributed by atoms with van der Waals surface area (Å²) in [6.45, 7) is 6.07. The number of hydrogen-bond acceptors (Lipinski definition) is 5. The molecule has 6 heteroatoms. The number of nitrogens with zero attached hydrogens (tertiary/aromatic N) is 3. The average Bonchev–Trinajstić information content (AvgIpc) is 2.83. The molecule has 0 radical (unpaired) electrons. The topological polar surface area (TPSA) is 65.9 Å². The van der Waals surface area contributed by atoms with Gasteiger partial charge in [0.2, 0.25) is 0 Å². The standard InChI is InChI=1S/C29H35N3O3/c1-21(22-14-16-23(17-15-22)25-12-9-13-26(30-25)31(4)5)32-19-18-29(35-27(32)33,20-28(2,3)34)24-10-7-6-8-11-24/h6-17,21,34H,18-20H2,1-5H3/t21-,29-/m0/s1. The monoisotopic (exact) mass is 473 g/mol. The quantitative estimate of drug-likeness (QED) is 0.472. The molecule has 0 saturated carbocycles. The number of pyridine rings is 1. The summed E-state index contributed by atoms with van der Waals surface area (Å²) in [5.41, 5.74) is 2.06. The highest BCUT2D eigenvalue weighted by Crippen LogP contribution is 2.42. The van der Waals surface area contributed by atoms with Crippen LogP contribution in [0, 0.1) is 0 Å². The van der Waals surface area contributed by atoms with Gasteiger partial charge in [-0.15, -0.1) is 0 Å². The number of benzene rings is 2. The van der Waals surface area contributed by atoms with E-state index in [1.54, 1.807) is 18.7 Å². The Bertz CT molecular complexity index is 1160. The van der Waals surface area contributed by atoms with E-state index in [1.807, 2.05) is 98.7 Å². The number of hydrogen-bond donors (Lipinski definition) is 1. The minimum Gasteiger partial charge on any atom is -0.438 e. The van der Waals surface area contributed by atoms with Crippen LogP contribution in [0.15, 0.2) is 72.8 Å². The van der Waals surface area contributed by atoms with Crippen LogP contribution in [0.5, 0.6) is 0 Å². The number of ether oxygens (including phenoxy) is 1. The van der Waals surface area contributed by atoms with Gasteiger partial charge in [0.15, 0.2) is 0 Å². The predicted molar refractivity (Wildman–Crippen MR) is 139 cm³/mol. The van der Waals surface area contributed by atoms with Crippen molar-refractivity contribution in [2.45, 2.75) is 50.9 Å². The molecule has 1 aliphatic heterocycles. The number of aliphatic hydroxyl groups is 1. The lowest BCUT2D eigenvalue weighted by Crippen LogP contribution is -2.51.